The summed E-state index contributed by atoms with van der Waals surface area (Å²) in [5.41, 5.74) is 2.26. The van der Waals surface area contributed by atoms with Crippen LogP contribution in [0.25, 0.3) is 21.5 Å². The maximum atomic E-state index is 11.6. The van der Waals surface area contributed by atoms with Crippen LogP contribution in [0.15, 0.2) is 42.5 Å². The lowest BCUT2D eigenvalue weighted by Gasteiger charge is -2.13. The zero-order valence-corrected chi connectivity index (χ0v) is 12.3. The molecule has 106 valence electrons. The van der Waals surface area contributed by atoms with Gasteiger partial charge in [0.15, 0.2) is 0 Å². The summed E-state index contributed by atoms with van der Waals surface area (Å²) in [6, 6.07) is 14.2. The second-order valence-corrected chi connectivity index (χ2v) is 5.16. The molecule has 0 aliphatic carbocycles. The van der Waals surface area contributed by atoms with E-state index in [0.717, 1.165) is 27.1 Å². The second kappa shape index (κ2) is 5.09. The summed E-state index contributed by atoms with van der Waals surface area (Å²) in [6.45, 7) is 4.08. The average molecular weight is 280 g/mol. The van der Waals surface area contributed by atoms with Crippen LogP contribution in [0, 0.1) is 13.8 Å². The van der Waals surface area contributed by atoms with E-state index in [-0.39, 0.29) is 0 Å². The van der Waals surface area contributed by atoms with Crippen molar-refractivity contribution < 1.29 is 14.3 Å². The summed E-state index contributed by atoms with van der Waals surface area (Å²) in [5, 5.41) is 3.95. The van der Waals surface area contributed by atoms with Gasteiger partial charge in [0, 0.05) is 10.8 Å². The predicted octanol–water partition coefficient (Wildman–Crippen LogP) is 4.76. The van der Waals surface area contributed by atoms with Crippen LogP contribution in [0.2, 0.25) is 0 Å². The highest BCUT2D eigenvalue weighted by Crippen LogP contribution is 2.37. The molecule has 0 bridgehead atoms. The van der Waals surface area contributed by atoms with Crippen LogP contribution < -0.4 is 4.74 Å². The molecule has 3 heteroatoms. The van der Waals surface area contributed by atoms with Crippen LogP contribution >= 0.6 is 0 Å². The van der Waals surface area contributed by atoms with Crippen LogP contribution in [0.1, 0.15) is 11.1 Å². The second-order valence-electron chi connectivity index (χ2n) is 5.16. The third-order valence-corrected chi connectivity index (χ3v) is 3.61. The van der Waals surface area contributed by atoms with Gasteiger partial charge in [-0.05, 0) is 36.2 Å². The summed E-state index contributed by atoms with van der Waals surface area (Å²) in [5.74, 6) is 0.562. The molecule has 3 rings (SSSR count). The number of hydrogen-bond donors (Lipinski definition) is 0. The molecule has 0 atom stereocenters. The van der Waals surface area contributed by atoms with E-state index in [1.807, 2.05) is 31.2 Å². The van der Waals surface area contributed by atoms with E-state index in [2.05, 4.69) is 29.9 Å². The number of methoxy groups -OCH3 is 1. The number of fused-ring (bicyclic) bond motifs is 2. The molecule has 0 fully saturated rings. The minimum absolute atomic E-state index is 0.562. The lowest BCUT2D eigenvalue weighted by Crippen LogP contribution is -2.08. The standard InChI is InChI=1S/C18H16O3/c1-11-8-12(2)16-14(9-11)10-13-6-4-5-7-15(13)17(16)21-18(19)20-3/h4-10H,1-3H3. The molecule has 3 nitrogen and oxygen atoms in total. The van der Waals surface area contributed by atoms with Gasteiger partial charge in [0.25, 0.3) is 0 Å². The van der Waals surface area contributed by atoms with Crippen molar-refractivity contribution in [3.8, 4) is 5.75 Å². The Bertz CT molecular complexity index is 850. The van der Waals surface area contributed by atoms with E-state index in [0.29, 0.717) is 5.75 Å². The monoisotopic (exact) mass is 280 g/mol. The van der Waals surface area contributed by atoms with Crippen molar-refractivity contribution >= 4 is 27.7 Å². The molecule has 0 aromatic heterocycles. The fourth-order valence-electron chi connectivity index (χ4n) is 2.79. The normalized spacial score (nSPS) is 10.8. The summed E-state index contributed by atoms with van der Waals surface area (Å²) in [6.07, 6.45) is -0.701. The van der Waals surface area contributed by atoms with Crippen LogP contribution in [0.3, 0.4) is 0 Å². The van der Waals surface area contributed by atoms with Gasteiger partial charge in [0.2, 0.25) is 0 Å². The highest BCUT2D eigenvalue weighted by Gasteiger charge is 2.15. The molecule has 0 N–H and O–H groups in total. The first kappa shape index (κ1) is 13.4. The molecule has 3 aromatic carbocycles. The number of rotatable bonds is 1. The zero-order chi connectivity index (χ0) is 15.0. The highest BCUT2D eigenvalue weighted by molar-refractivity contribution is 6.07. The van der Waals surface area contributed by atoms with Gasteiger partial charge >= 0.3 is 6.16 Å². The van der Waals surface area contributed by atoms with E-state index in [1.54, 1.807) is 0 Å². The van der Waals surface area contributed by atoms with Crippen molar-refractivity contribution in [1.82, 2.24) is 0 Å². The molecule has 0 unspecified atom stereocenters. The molecule has 3 aromatic rings. The summed E-state index contributed by atoms with van der Waals surface area (Å²) >= 11 is 0. The fraction of sp³-hybridized carbons (Fsp3) is 0.167. The molecule has 0 aliphatic heterocycles. The lowest BCUT2D eigenvalue weighted by molar-refractivity contribution is 0.122. The third kappa shape index (κ3) is 2.31. The van der Waals surface area contributed by atoms with Crippen LogP contribution in [0.4, 0.5) is 4.79 Å². The van der Waals surface area contributed by atoms with Crippen molar-refractivity contribution in [3.05, 3.63) is 53.6 Å². The Balaban J connectivity index is 2.43. The zero-order valence-electron chi connectivity index (χ0n) is 12.3. The maximum absolute atomic E-state index is 11.6. The molecular weight excluding hydrogens is 264 g/mol. The van der Waals surface area contributed by atoms with Gasteiger partial charge in [-0.15, -0.1) is 0 Å². The van der Waals surface area contributed by atoms with Crippen LogP contribution in [-0.2, 0) is 4.74 Å². The Morgan fingerprint density at radius 1 is 1.00 bits per heavy atom. The van der Waals surface area contributed by atoms with Crippen molar-refractivity contribution in [2.75, 3.05) is 7.11 Å². The predicted molar refractivity (Wildman–Crippen MR) is 84.0 cm³/mol. The van der Waals surface area contributed by atoms with Crippen LogP contribution in [-0.4, -0.2) is 13.3 Å². The van der Waals surface area contributed by atoms with Gasteiger partial charge in [0.05, 0.1) is 7.11 Å². The van der Waals surface area contributed by atoms with Gasteiger partial charge in [0.1, 0.15) is 5.75 Å². The SMILES string of the molecule is COC(=O)Oc1c2ccccc2cc2cc(C)cc(C)c12. The smallest absolute Gasteiger partial charge is 0.437 e. The Morgan fingerprint density at radius 3 is 2.52 bits per heavy atom. The lowest BCUT2D eigenvalue weighted by atomic mass is 9.97. The van der Waals surface area contributed by atoms with E-state index >= 15 is 0 Å². The molecule has 21 heavy (non-hydrogen) atoms. The van der Waals surface area contributed by atoms with Gasteiger partial charge in [-0.25, -0.2) is 4.79 Å². The average Bonchev–Trinajstić information content (AvgIpc) is 2.46. The molecule has 0 saturated heterocycles. The fourth-order valence-corrected chi connectivity index (χ4v) is 2.79. The molecule has 0 amide bonds. The number of carbonyl (C=O) groups excluding carboxylic acids is 1. The minimum Gasteiger partial charge on any atom is -0.437 e. The summed E-state index contributed by atoms with van der Waals surface area (Å²) in [7, 11) is 1.31. The molecule has 0 radical (unpaired) electrons. The van der Waals surface area contributed by atoms with Crippen LogP contribution in [0.5, 0.6) is 5.75 Å². The van der Waals surface area contributed by atoms with E-state index in [1.165, 1.54) is 12.7 Å². The third-order valence-electron chi connectivity index (χ3n) is 3.61. The summed E-state index contributed by atoms with van der Waals surface area (Å²) < 4.78 is 10.1. The molecule has 0 heterocycles. The Kier molecular flexibility index (Phi) is 3.26. The first-order valence-corrected chi connectivity index (χ1v) is 6.78. The van der Waals surface area contributed by atoms with E-state index in [9.17, 15) is 4.79 Å². The Labute approximate surface area is 123 Å². The molecule has 0 spiro atoms. The van der Waals surface area contributed by atoms with E-state index in [4.69, 9.17) is 4.74 Å². The largest absolute Gasteiger partial charge is 0.513 e. The van der Waals surface area contributed by atoms with E-state index < -0.39 is 6.16 Å². The minimum atomic E-state index is -0.701. The molecule has 0 saturated carbocycles. The number of ether oxygens (including phenoxy) is 2. The van der Waals surface area contributed by atoms with Crippen molar-refractivity contribution in [1.29, 1.82) is 0 Å². The quantitative estimate of drug-likeness (QED) is 0.366. The summed E-state index contributed by atoms with van der Waals surface area (Å²) in [4.78, 5) is 11.6. The van der Waals surface area contributed by atoms with Gasteiger partial charge in [-0.2, -0.15) is 0 Å². The topological polar surface area (TPSA) is 35.5 Å². The molecular formula is C18H16O3. The van der Waals surface area contributed by atoms with Crippen molar-refractivity contribution in [2.45, 2.75) is 13.8 Å². The molecule has 0 aliphatic rings. The Morgan fingerprint density at radius 2 is 1.76 bits per heavy atom. The number of aryl methyl sites for hydroxylation is 2. The Hall–Kier alpha value is -2.55. The van der Waals surface area contributed by atoms with Crippen molar-refractivity contribution in [2.24, 2.45) is 0 Å². The maximum Gasteiger partial charge on any atom is 0.513 e. The number of benzene rings is 3. The number of hydrogen-bond acceptors (Lipinski definition) is 3. The first-order valence-electron chi connectivity index (χ1n) is 6.78. The number of carbonyl (C=O) groups is 1. The van der Waals surface area contributed by atoms with Gasteiger partial charge < -0.3 is 9.47 Å². The van der Waals surface area contributed by atoms with Crippen molar-refractivity contribution in [3.63, 3.8) is 0 Å². The van der Waals surface area contributed by atoms with Gasteiger partial charge in [-0.3, -0.25) is 0 Å². The highest BCUT2D eigenvalue weighted by atomic mass is 16.7. The first-order chi connectivity index (χ1) is 10.1. The van der Waals surface area contributed by atoms with Gasteiger partial charge in [-0.1, -0.05) is 42.0 Å².